The predicted molar refractivity (Wildman–Crippen MR) is 129 cm³/mol. The van der Waals surface area contributed by atoms with Crippen molar-refractivity contribution >= 4 is 40.7 Å². The van der Waals surface area contributed by atoms with Gasteiger partial charge in [-0.15, -0.1) is 0 Å². The van der Waals surface area contributed by atoms with Crippen LogP contribution >= 0.6 is 23.2 Å². The van der Waals surface area contributed by atoms with Crippen LogP contribution in [0.25, 0.3) is 0 Å². The normalized spacial score (nSPS) is 18.9. The average Bonchev–Trinajstić information content (AvgIpc) is 2.80. The zero-order valence-electron chi connectivity index (χ0n) is 18.1. The van der Waals surface area contributed by atoms with Gasteiger partial charge in [-0.05, 0) is 69.0 Å². The highest BCUT2D eigenvalue weighted by Gasteiger charge is 2.34. The Labute approximate surface area is 199 Å². The first kappa shape index (κ1) is 23.1. The molecule has 5 nitrogen and oxygen atoms in total. The van der Waals surface area contributed by atoms with E-state index in [4.69, 9.17) is 23.2 Å². The summed E-state index contributed by atoms with van der Waals surface area (Å²) in [7, 11) is 0. The third kappa shape index (κ3) is 5.64. The molecule has 0 aromatic heterocycles. The standard InChI is InChI=1S/C25H29Cl2N3O2/c26-20-15-21(27)17-22(16-20)28-24(31)23(18-7-3-1-4-8-18)29-13-9-19(10-14-29)25(32)30-11-5-2-6-12-30/h1,3-4,7-8,15-17,19,23H,2,5-6,9-14H2,(H,28,31)/t23-/m0/s1. The van der Waals surface area contributed by atoms with Gasteiger partial charge in [0.2, 0.25) is 11.8 Å². The van der Waals surface area contributed by atoms with Crippen LogP contribution in [0, 0.1) is 5.92 Å². The van der Waals surface area contributed by atoms with Crippen LogP contribution in [0.3, 0.4) is 0 Å². The van der Waals surface area contributed by atoms with E-state index in [2.05, 4.69) is 10.2 Å². The number of benzene rings is 2. The van der Waals surface area contributed by atoms with E-state index in [-0.39, 0.29) is 11.8 Å². The minimum Gasteiger partial charge on any atom is -0.342 e. The number of hydrogen-bond acceptors (Lipinski definition) is 3. The summed E-state index contributed by atoms with van der Waals surface area (Å²) >= 11 is 12.2. The first-order valence-electron chi connectivity index (χ1n) is 11.4. The maximum Gasteiger partial charge on any atom is 0.246 e. The van der Waals surface area contributed by atoms with Crippen molar-refractivity contribution in [3.63, 3.8) is 0 Å². The predicted octanol–water partition coefficient (Wildman–Crippen LogP) is 5.40. The minimum atomic E-state index is -0.444. The summed E-state index contributed by atoms with van der Waals surface area (Å²) in [6.45, 7) is 3.17. The molecule has 2 heterocycles. The maximum atomic E-state index is 13.4. The Bertz CT molecular complexity index is 919. The van der Waals surface area contributed by atoms with Crippen molar-refractivity contribution in [3.8, 4) is 0 Å². The van der Waals surface area contributed by atoms with E-state index >= 15 is 0 Å². The van der Waals surface area contributed by atoms with E-state index in [1.807, 2.05) is 35.2 Å². The Kier molecular flexibility index (Phi) is 7.71. The number of halogens is 2. The molecule has 0 radical (unpaired) electrons. The van der Waals surface area contributed by atoms with Gasteiger partial charge in [0.25, 0.3) is 0 Å². The van der Waals surface area contributed by atoms with E-state index in [1.54, 1.807) is 18.2 Å². The number of amides is 2. The molecule has 2 fully saturated rings. The molecule has 2 saturated heterocycles. The molecule has 0 saturated carbocycles. The number of rotatable bonds is 5. The summed E-state index contributed by atoms with van der Waals surface area (Å²) in [4.78, 5) is 30.5. The first-order valence-corrected chi connectivity index (χ1v) is 12.1. The third-order valence-corrected chi connectivity index (χ3v) is 6.84. The topological polar surface area (TPSA) is 52.7 Å². The van der Waals surface area contributed by atoms with Crippen molar-refractivity contribution < 1.29 is 9.59 Å². The molecule has 0 bridgehead atoms. The molecule has 32 heavy (non-hydrogen) atoms. The van der Waals surface area contributed by atoms with Crippen molar-refractivity contribution in [1.82, 2.24) is 9.80 Å². The van der Waals surface area contributed by atoms with Crippen LogP contribution in [0.15, 0.2) is 48.5 Å². The van der Waals surface area contributed by atoms with Crippen molar-refractivity contribution in [2.75, 3.05) is 31.5 Å². The van der Waals surface area contributed by atoms with Gasteiger partial charge in [-0.25, -0.2) is 0 Å². The molecule has 2 aliphatic heterocycles. The van der Waals surface area contributed by atoms with Gasteiger partial charge >= 0.3 is 0 Å². The van der Waals surface area contributed by atoms with Crippen molar-refractivity contribution in [2.45, 2.75) is 38.1 Å². The van der Waals surface area contributed by atoms with Crippen LogP contribution < -0.4 is 5.32 Å². The lowest BCUT2D eigenvalue weighted by atomic mass is 9.92. The molecule has 4 rings (SSSR count). The average molecular weight is 474 g/mol. The lowest BCUT2D eigenvalue weighted by molar-refractivity contribution is -0.138. The smallest absolute Gasteiger partial charge is 0.246 e. The van der Waals surface area contributed by atoms with Crippen LogP contribution in [-0.2, 0) is 9.59 Å². The van der Waals surface area contributed by atoms with Gasteiger partial charge in [0.05, 0.1) is 0 Å². The Balaban J connectivity index is 1.46. The first-order chi connectivity index (χ1) is 15.5. The molecule has 2 aromatic carbocycles. The summed E-state index contributed by atoms with van der Waals surface area (Å²) in [5.41, 5.74) is 1.50. The minimum absolute atomic E-state index is 0.0515. The monoisotopic (exact) mass is 473 g/mol. The number of hydrogen-bond donors (Lipinski definition) is 1. The highest BCUT2D eigenvalue weighted by Crippen LogP contribution is 2.30. The molecule has 7 heteroatoms. The van der Waals surface area contributed by atoms with Gasteiger partial charge in [0.15, 0.2) is 0 Å². The Morgan fingerprint density at radius 3 is 2.12 bits per heavy atom. The van der Waals surface area contributed by atoms with Gasteiger partial charge in [0.1, 0.15) is 6.04 Å². The van der Waals surface area contributed by atoms with Crippen LogP contribution in [0.5, 0.6) is 0 Å². The second-order valence-corrected chi connectivity index (χ2v) is 9.53. The molecule has 2 amide bonds. The van der Waals surface area contributed by atoms with E-state index < -0.39 is 6.04 Å². The van der Waals surface area contributed by atoms with Gasteiger partial charge in [-0.1, -0.05) is 53.5 Å². The largest absolute Gasteiger partial charge is 0.342 e. The molecule has 2 aromatic rings. The molecule has 1 atom stereocenters. The second kappa shape index (κ2) is 10.7. The van der Waals surface area contributed by atoms with Crippen LogP contribution in [0.1, 0.15) is 43.7 Å². The summed E-state index contributed by atoms with van der Waals surface area (Å²) < 4.78 is 0. The molecule has 0 aliphatic carbocycles. The van der Waals surface area contributed by atoms with Crippen molar-refractivity contribution in [3.05, 3.63) is 64.1 Å². The number of anilines is 1. The van der Waals surface area contributed by atoms with E-state index in [0.717, 1.165) is 44.3 Å². The highest BCUT2D eigenvalue weighted by molar-refractivity contribution is 6.35. The lowest BCUT2D eigenvalue weighted by Crippen LogP contribution is -2.47. The van der Waals surface area contributed by atoms with E-state index in [0.29, 0.717) is 34.7 Å². The quantitative estimate of drug-likeness (QED) is 0.632. The molecule has 0 unspecified atom stereocenters. The molecular weight excluding hydrogens is 445 g/mol. The zero-order valence-corrected chi connectivity index (χ0v) is 19.6. The Morgan fingerprint density at radius 2 is 1.50 bits per heavy atom. The van der Waals surface area contributed by atoms with Crippen LogP contribution in [0.4, 0.5) is 5.69 Å². The van der Waals surface area contributed by atoms with Crippen molar-refractivity contribution in [1.29, 1.82) is 0 Å². The fourth-order valence-corrected chi connectivity index (χ4v) is 5.30. The number of carbonyl (C=O) groups is 2. The molecule has 170 valence electrons. The van der Waals surface area contributed by atoms with Crippen molar-refractivity contribution in [2.24, 2.45) is 5.92 Å². The third-order valence-electron chi connectivity index (χ3n) is 6.41. The molecular formula is C25H29Cl2N3O2. The van der Waals surface area contributed by atoms with E-state index in [1.165, 1.54) is 6.42 Å². The molecule has 2 aliphatic rings. The molecule has 0 spiro atoms. The van der Waals surface area contributed by atoms with Crippen LogP contribution in [-0.4, -0.2) is 47.8 Å². The summed E-state index contributed by atoms with van der Waals surface area (Å²) in [5, 5.41) is 3.93. The highest BCUT2D eigenvalue weighted by atomic mass is 35.5. The van der Waals surface area contributed by atoms with Crippen LogP contribution in [0.2, 0.25) is 10.0 Å². The number of nitrogens with zero attached hydrogens (tertiary/aromatic N) is 2. The second-order valence-electron chi connectivity index (χ2n) is 8.66. The van der Waals surface area contributed by atoms with Gasteiger partial charge in [-0.3, -0.25) is 14.5 Å². The Morgan fingerprint density at radius 1 is 0.875 bits per heavy atom. The zero-order chi connectivity index (χ0) is 22.5. The summed E-state index contributed by atoms with van der Waals surface area (Å²) in [6, 6.07) is 14.3. The van der Waals surface area contributed by atoms with E-state index in [9.17, 15) is 9.59 Å². The Hall–Kier alpha value is -2.08. The fourth-order valence-electron chi connectivity index (χ4n) is 4.78. The summed E-state index contributed by atoms with van der Waals surface area (Å²) in [6.07, 6.45) is 4.97. The van der Waals surface area contributed by atoms with Gasteiger partial charge < -0.3 is 10.2 Å². The van der Waals surface area contributed by atoms with Gasteiger partial charge in [-0.2, -0.15) is 0 Å². The molecule has 1 N–H and O–H groups in total. The summed E-state index contributed by atoms with van der Waals surface area (Å²) in [5.74, 6) is 0.213. The number of piperidine rings is 2. The fraction of sp³-hybridized carbons (Fsp3) is 0.440. The maximum absolute atomic E-state index is 13.4. The number of carbonyl (C=O) groups excluding carboxylic acids is 2. The SMILES string of the molecule is O=C(Nc1cc(Cl)cc(Cl)c1)[C@H](c1ccccc1)N1CCC(C(=O)N2CCCCC2)CC1. The lowest BCUT2D eigenvalue weighted by Gasteiger charge is -2.38. The van der Waals surface area contributed by atoms with Gasteiger partial charge in [0, 0.05) is 34.7 Å². The number of nitrogens with one attached hydrogen (secondary N) is 1. The number of likely N-dealkylation sites (tertiary alicyclic amines) is 2.